The lowest BCUT2D eigenvalue weighted by Crippen LogP contribution is -2.40. The first-order chi connectivity index (χ1) is 9.29. The van der Waals surface area contributed by atoms with Crippen LogP contribution in [-0.4, -0.2) is 30.6 Å². The summed E-state index contributed by atoms with van der Waals surface area (Å²) >= 11 is 3.43. The number of hydrogen-bond donors (Lipinski definition) is 0. The molecule has 1 atom stereocenters. The van der Waals surface area contributed by atoms with E-state index in [4.69, 9.17) is 4.74 Å². The van der Waals surface area contributed by atoms with Crippen LogP contribution in [0.3, 0.4) is 0 Å². The zero-order chi connectivity index (χ0) is 13.5. The van der Waals surface area contributed by atoms with Crippen molar-refractivity contribution in [2.75, 3.05) is 19.7 Å². The van der Waals surface area contributed by atoms with E-state index in [2.05, 4.69) is 27.8 Å². The van der Waals surface area contributed by atoms with Gasteiger partial charge >= 0.3 is 0 Å². The fourth-order valence-electron chi connectivity index (χ4n) is 2.81. The molecule has 1 aromatic carbocycles. The van der Waals surface area contributed by atoms with Gasteiger partial charge in [-0.2, -0.15) is 0 Å². The highest BCUT2D eigenvalue weighted by Gasteiger charge is 2.19. The third-order valence-corrected chi connectivity index (χ3v) is 4.42. The van der Waals surface area contributed by atoms with E-state index in [0.717, 1.165) is 29.3 Å². The number of rotatable bonds is 6. The normalized spacial score (nSPS) is 20.4. The summed E-state index contributed by atoms with van der Waals surface area (Å²) in [6.07, 6.45) is 6.55. The van der Waals surface area contributed by atoms with Crippen LogP contribution in [0, 0.1) is 0 Å². The Morgan fingerprint density at radius 3 is 2.79 bits per heavy atom. The summed E-state index contributed by atoms with van der Waals surface area (Å²) in [4.78, 5) is 2.65. The number of hydrogen-bond acceptors (Lipinski definition) is 2. The van der Waals surface area contributed by atoms with Crippen LogP contribution >= 0.6 is 15.9 Å². The summed E-state index contributed by atoms with van der Waals surface area (Å²) < 4.78 is 6.87. The van der Waals surface area contributed by atoms with E-state index in [1.54, 1.807) is 0 Å². The molecule has 1 saturated heterocycles. The van der Waals surface area contributed by atoms with Gasteiger partial charge in [0.1, 0.15) is 5.75 Å². The number of halogens is 1. The Kier molecular flexibility index (Phi) is 6.18. The highest BCUT2D eigenvalue weighted by atomic mass is 79.9. The zero-order valence-corrected chi connectivity index (χ0v) is 13.4. The first-order valence-corrected chi connectivity index (χ1v) is 8.21. The maximum Gasteiger partial charge on any atom is 0.119 e. The average Bonchev–Trinajstić information content (AvgIpc) is 2.46. The summed E-state index contributed by atoms with van der Waals surface area (Å²) in [7, 11) is 0. The molecule has 0 saturated carbocycles. The quantitative estimate of drug-likeness (QED) is 0.715. The summed E-state index contributed by atoms with van der Waals surface area (Å²) in [5.41, 5.74) is 0. The van der Waals surface area contributed by atoms with Crippen molar-refractivity contribution in [3.63, 3.8) is 0 Å². The fourth-order valence-corrected chi connectivity index (χ4v) is 3.07. The van der Waals surface area contributed by atoms with E-state index in [1.165, 1.54) is 38.8 Å². The van der Waals surface area contributed by atoms with E-state index in [1.807, 2.05) is 24.3 Å². The van der Waals surface area contributed by atoms with Crippen LogP contribution in [0.25, 0.3) is 0 Å². The van der Waals surface area contributed by atoms with Crippen molar-refractivity contribution < 1.29 is 4.74 Å². The molecule has 0 bridgehead atoms. The molecule has 2 nitrogen and oxygen atoms in total. The number of benzene rings is 1. The molecular formula is C16H24BrNO. The largest absolute Gasteiger partial charge is 0.494 e. The maximum absolute atomic E-state index is 5.77. The molecule has 1 heterocycles. The highest BCUT2D eigenvalue weighted by molar-refractivity contribution is 9.10. The van der Waals surface area contributed by atoms with Crippen LogP contribution in [0.5, 0.6) is 5.75 Å². The van der Waals surface area contributed by atoms with Gasteiger partial charge in [-0.3, -0.25) is 0 Å². The van der Waals surface area contributed by atoms with Gasteiger partial charge in [0.15, 0.2) is 0 Å². The molecule has 1 aromatic rings. The van der Waals surface area contributed by atoms with Crippen LogP contribution in [0.4, 0.5) is 0 Å². The molecule has 0 aliphatic carbocycles. The van der Waals surface area contributed by atoms with Crippen LogP contribution < -0.4 is 4.74 Å². The number of piperidine rings is 1. The standard InChI is InChI=1S/C16H24BrNO/c1-2-15-6-3-4-11-18(15)12-5-13-19-16-9-7-14(17)8-10-16/h7-10,15H,2-6,11-13H2,1H3. The van der Waals surface area contributed by atoms with Crippen molar-refractivity contribution >= 4 is 15.9 Å². The molecule has 1 unspecified atom stereocenters. The Morgan fingerprint density at radius 1 is 1.26 bits per heavy atom. The van der Waals surface area contributed by atoms with E-state index in [-0.39, 0.29) is 0 Å². The van der Waals surface area contributed by atoms with Crippen molar-refractivity contribution in [1.82, 2.24) is 4.90 Å². The second-order valence-corrected chi connectivity index (χ2v) is 6.17. The zero-order valence-electron chi connectivity index (χ0n) is 11.8. The predicted octanol–water partition coefficient (Wildman–Crippen LogP) is 4.48. The van der Waals surface area contributed by atoms with Gasteiger partial charge in [0.2, 0.25) is 0 Å². The van der Waals surface area contributed by atoms with E-state index in [0.29, 0.717) is 0 Å². The Labute approximate surface area is 125 Å². The van der Waals surface area contributed by atoms with Gasteiger partial charge in [0.25, 0.3) is 0 Å². The molecule has 0 spiro atoms. The molecule has 1 aliphatic rings. The molecule has 0 N–H and O–H groups in total. The van der Waals surface area contributed by atoms with Crippen molar-refractivity contribution in [3.05, 3.63) is 28.7 Å². The Morgan fingerprint density at radius 2 is 2.05 bits per heavy atom. The minimum atomic E-state index is 0.807. The lowest BCUT2D eigenvalue weighted by molar-refractivity contribution is 0.134. The Bertz CT molecular complexity index is 366. The molecule has 0 aromatic heterocycles. The molecular weight excluding hydrogens is 302 g/mol. The molecule has 0 amide bonds. The van der Waals surface area contributed by atoms with Crippen molar-refractivity contribution in [3.8, 4) is 5.75 Å². The summed E-state index contributed by atoms with van der Waals surface area (Å²) in [5.74, 6) is 0.967. The molecule has 0 radical (unpaired) electrons. The van der Waals surface area contributed by atoms with Crippen LogP contribution in [-0.2, 0) is 0 Å². The van der Waals surface area contributed by atoms with Gasteiger partial charge in [-0.25, -0.2) is 0 Å². The maximum atomic E-state index is 5.77. The summed E-state index contributed by atoms with van der Waals surface area (Å²) in [6, 6.07) is 8.88. The van der Waals surface area contributed by atoms with Gasteiger partial charge < -0.3 is 9.64 Å². The number of ether oxygens (including phenoxy) is 1. The van der Waals surface area contributed by atoms with Crippen LogP contribution in [0.1, 0.15) is 39.0 Å². The molecule has 2 rings (SSSR count). The predicted molar refractivity (Wildman–Crippen MR) is 83.8 cm³/mol. The number of likely N-dealkylation sites (tertiary alicyclic amines) is 1. The molecule has 19 heavy (non-hydrogen) atoms. The minimum absolute atomic E-state index is 0.807. The van der Waals surface area contributed by atoms with Gasteiger partial charge in [-0.05, 0) is 56.5 Å². The van der Waals surface area contributed by atoms with Crippen molar-refractivity contribution in [2.24, 2.45) is 0 Å². The van der Waals surface area contributed by atoms with Gasteiger partial charge in [-0.15, -0.1) is 0 Å². The van der Waals surface area contributed by atoms with E-state index in [9.17, 15) is 0 Å². The Balaban J connectivity index is 1.67. The number of nitrogens with zero attached hydrogens (tertiary/aromatic N) is 1. The second-order valence-electron chi connectivity index (χ2n) is 5.25. The third kappa shape index (κ3) is 4.81. The fraction of sp³-hybridized carbons (Fsp3) is 0.625. The summed E-state index contributed by atoms with van der Waals surface area (Å²) in [5, 5.41) is 0. The first kappa shape index (κ1) is 14.9. The van der Waals surface area contributed by atoms with E-state index < -0.39 is 0 Å². The second kappa shape index (κ2) is 7.91. The SMILES string of the molecule is CCC1CCCCN1CCCOc1ccc(Br)cc1. The average molecular weight is 326 g/mol. The van der Waals surface area contributed by atoms with E-state index >= 15 is 0 Å². The van der Waals surface area contributed by atoms with Gasteiger partial charge in [0.05, 0.1) is 6.61 Å². The topological polar surface area (TPSA) is 12.5 Å². The smallest absolute Gasteiger partial charge is 0.119 e. The Hall–Kier alpha value is -0.540. The molecule has 3 heteroatoms. The lowest BCUT2D eigenvalue weighted by Gasteiger charge is -2.35. The molecule has 1 fully saturated rings. The molecule has 1 aliphatic heterocycles. The van der Waals surface area contributed by atoms with Crippen molar-refractivity contribution in [1.29, 1.82) is 0 Å². The highest BCUT2D eigenvalue weighted by Crippen LogP contribution is 2.20. The van der Waals surface area contributed by atoms with Crippen LogP contribution in [0.15, 0.2) is 28.7 Å². The van der Waals surface area contributed by atoms with Gasteiger partial charge in [0, 0.05) is 17.1 Å². The molecule has 106 valence electrons. The summed E-state index contributed by atoms with van der Waals surface area (Å²) in [6.45, 7) is 5.57. The minimum Gasteiger partial charge on any atom is -0.494 e. The monoisotopic (exact) mass is 325 g/mol. The van der Waals surface area contributed by atoms with Crippen LogP contribution in [0.2, 0.25) is 0 Å². The van der Waals surface area contributed by atoms with Gasteiger partial charge in [-0.1, -0.05) is 29.3 Å². The van der Waals surface area contributed by atoms with Crippen molar-refractivity contribution in [2.45, 2.75) is 45.1 Å². The third-order valence-electron chi connectivity index (χ3n) is 3.89. The first-order valence-electron chi connectivity index (χ1n) is 7.42. The lowest BCUT2D eigenvalue weighted by atomic mass is 10.00.